The fourth-order valence-corrected chi connectivity index (χ4v) is 4.97. The zero-order valence-corrected chi connectivity index (χ0v) is 24.6. The number of carboxylic acid groups (broad SMARTS) is 1. The summed E-state index contributed by atoms with van der Waals surface area (Å²) >= 11 is 12.7. The number of aryl methyl sites for hydroxylation is 5. The van der Waals surface area contributed by atoms with Gasteiger partial charge in [0.2, 0.25) is 0 Å². The molecular formula is C33H32Cl2N2O3. The third-order valence-corrected chi connectivity index (χ3v) is 7.88. The summed E-state index contributed by atoms with van der Waals surface area (Å²) in [4.78, 5) is 14.3. The number of hydrogen-bond acceptors (Lipinski definition) is 3. The third kappa shape index (κ3) is 6.65. The van der Waals surface area contributed by atoms with E-state index in [0.29, 0.717) is 36.7 Å². The number of nitrogens with zero attached hydrogens (tertiary/aromatic N) is 2. The van der Waals surface area contributed by atoms with E-state index in [1.54, 1.807) is 10.6 Å². The van der Waals surface area contributed by atoms with Crippen molar-refractivity contribution in [3.8, 4) is 18.1 Å². The van der Waals surface area contributed by atoms with E-state index in [2.05, 4.69) is 36.8 Å². The van der Waals surface area contributed by atoms with Gasteiger partial charge in [0.25, 0.3) is 0 Å². The second-order valence-electron chi connectivity index (χ2n) is 9.97. The van der Waals surface area contributed by atoms with Gasteiger partial charge in [0.15, 0.2) is 0 Å². The molecule has 0 amide bonds. The SMILES string of the molecule is C#Cc1ccc(CN(c2ccc(C)c(C)c2)c2cc(C(=O)O)n(CCCOc3cc(C)c(Cl)c(C)c3)c2)cc1Cl. The summed E-state index contributed by atoms with van der Waals surface area (Å²) in [6.07, 6.45) is 8.06. The van der Waals surface area contributed by atoms with Gasteiger partial charge in [0.1, 0.15) is 11.4 Å². The molecule has 0 aliphatic carbocycles. The lowest BCUT2D eigenvalue weighted by molar-refractivity contribution is 0.0684. The number of halogens is 2. The average molecular weight is 576 g/mol. The van der Waals surface area contributed by atoms with Gasteiger partial charge in [-0.1, -0.05) is 41.3 Å². The first kappa shape index (κ1) is 29.1. The number of ether oxygens (including phenoxy) is 1. The van der Waals surface area contributed by atoms with Crippen LogP contribution >= 0.6 is 23.2 Å². The van der Waals surface area contributed by atoms with Crippen LogP contribution in [0.25, 0.3) is 0 Å². The highest BCUT2D eigenvalue weighted by Crippen LogP contribution is 2.32. The number of rotatable bonds is 10. The number of carbonyl (C=O) groups is 1. The molecule has 206 valence electrons. The Morgan fingerprint density at radius 2 is 1.68 bits per heavy atom. The maximum Gasteiger partial charge on any atom is 0.352 e. The molecule has 5 nitrogen and oxygen atoms in total. The Morgan fingerprint density at radius 1 is 0.950 bits per heavy atom. The van der Waals surface area contributed by atoms with Crippen molar-refractivity contribution >= 4 is 40.5 Å². The Kier molecular flexibility index (Phi) is 9.14. The minimum absolute atomic E-state index is 0.211. The van der Waals surface area contributed by atoms with Crippen molar-refractivity contribution in [2.24, 2.45) is 0 Å². The summed E-state index contributed by atoms with van der Waals surface area (Å²) in [7, 11) is 0. The van der Waals surface area contributed by atoms with E-state index in [0.717, 1.165) is 44.4 Å². The molecule has 0 fully saturated rings. The van der Waals surface area contributed by atoms with Crippen LogP contribution < -0.4 is 9.64 Å². The molecule has 3 aromatic carbocycles. The molecule has 40 heavy (non-hydrogen) atoms. The van der Waals surface area contributed by atoms with E-state index in [9.17, 15) is 9.90 Å². The number of terminal acetylenes is 1. The summed E-state index contributed by atoms with van der Waals surface area (Å²) in [5, 5.41) is 11.2. The minimum atomic E-state index is -0.988. The summed E-state index contributed by atoms with van der Waals surface area (Å²) < 4.78 is 7.71. The molecule has 7 heteroatoms. The molecule has 4 aromatic rings. The van der Waals surface area contributed by atoms with Crippen molar-refractivity contribution in [3.63, 3.8) is 0 Å². The van der Waals surface area contributed by atoms with Gasteiger partial charge < -0.3 is 19.3 Å². The predicted octanol–water partition coefficient (Wildman–Crippen LogP) is 8.52. The zero-order chi connectivity index (χ0) is 29.0. The first-order valence-electron chi connectivity index (χ1n) is 13.0. The van der Waals surface area contributed by atoms with Crippen LogP contribution in [0.3, 0.4) is 0 Å². The maximum atomic E-state index is 12.2. The molecule has 0 saturated carbocycles. The quantitative estimate of drug-likeness (QED) is 0.152. The standard InChI is InChI=1S/C33H32Cl2N2O3/c1-6-26-10-9-25(17-30(26)34)19-37(27-11-8-21(2)22(3)14-27)28-18-31(33(38)39)36(20-28)12-7-13-40-29-15-23(4)32(35)24(5)16-29/h1,8-11,14-18,20H,7,12-13,19H2,2-5H3,(H,38,39). The van der Waals surface area contributed by atoms with Gasteiger partial charge in [0.05, 0.1) is 17.3 Å². The zero-order valence-electron chi connectivity index (χ0n) is 23.1. The highest BCUT2D eigenvalue weighted by Gasteiger charge is 2.19. The Labute approximate surface area is 245 Å². The molecule has 0 bridgehead atoms. The molecule has 1 heterocycles. The number of anilines is 2. The van der Waals surface area contributed by atoms with Crippen LogP contribution in [0.5, 0.6) is 5.75 Å². The van der Waals surface area contributed by atoms with Crippen molar-refractivity contribution in [2.75, 3.05) is 11.5 Å². The van der Waals surface area contributed by atoms with Gasteiger partial charge in [-0.2, -0.15) is 0 Å². The van der Waals surface area contributed by atoms with Gasteiger partial charge in [-0.05, 0) is 104 Å². The number of carboxylic acids is 1. The van der Waals surface area contributed by atoms with Crippen LogP contribution in [-0.2, 0) is 13.1 Å². The number of hydrogen-bond donors (Lipinski definition) is 1. The summed E-state index contributed by atoms with van der Waals surface area (Å²) in [5.41, 5.74) is 7.76. The number of benzene rings is 3. The van der Waals surface area contributed by atoms with Crippen molar-refractivity contribution in [1.82, 2.24) is 4.57 Å². The normalized spacial score (nSPS) is 10.8. The predicted molar refractivity (Wildman–Crippen MR) is 164 cm³/mol. The van der Waals surface area contributed by atoms with Gasteiger partial charge >= 0.3 is 5.97 Å². The minimum Gasteiger partial charge on any atom is -0.494 e. The van der Waals surface area contributed by atoms with Gasteiger partial charge in [-0.25, -0.2) is 4.79 Å². The third-order valence-electron chi connectivity index (χ3n) is 6.97. The van der Waals surface area contributed by atoms with Gasteiger partial charge in [-0.15, -0.1) is 6.42 Å². The molecule has 1 N–H and O–H groups in total. The molecule has 0 aliphatic rings. The van der Waals surface area contributed by atoms with Crippen LogP contribution in [0.15, 0.2) is 60.8 Å². The molecule has 0 radical (unpaired) electrons. The summed E-state index contributed by atoms with van der Waals surface area (Å²) in [6.45, 7) is 9.42. The Balaban J connectivity index is 1.60. The van der Waals surface area contributed by atoms with Gasteiger partial charge in [-0.3, -0.25) is 0 Å². The Bertz CT molecular complexity index is 1580. The molecule has 0 atom stereocenters. The first-order valence-corrected chi connectivity index (χ1v) is 13.8. The molecule has 1 aromatic heterocycles. The van der Waals surface area contributed by atoms with Crippen LogP contribution in [0.4, 0.5) is 11.4 Å². The first-order chi connectivity index (χ1) is 19.1. The molecule has 0 aliphatic heterocycles. The van der Waals surface area contributed by atoms with E-state index in [4.69, 9.17) is 34.4 Å². The second-order valence-corrected chi connectivity index (χ2v) is 10.8. The fourth-order valence-electron chi connectivity index (χ4n) is 4.60. The summed E-state index contributed by atoms with van der Waals surface area (Å²) in [5.74, 6) is 2.35. The monoisotopic (exact) mass is 574 g/mol. The summed E-state index contributed by atoms with van der Waals surface area (Å²) in [6, 6.07) is 17.4. The topological polar surface area (TPSA) is 54.7 Å². The van der Waals surface area contributed by atoms with Crippen molar-refractivity contribution in [1.29, 1.82) is 0 Å². The van der Waals surface area contributed by atoms with Crippen molar-refractivity contribution in [3.05, 3.63) is 110 Å². The van der Waals surface area contributed by atoms with E-state index in [-0.39, 0.29) is 5.69 Å². The fraction of sp³-hybridized carbons (Fsp3) is 0.242. The average Bonchev–Trinajstić information content (AvgIpc) is 3.34. The van der Waals surface area contributed by atoms with E-state index < -0.39 is 5.97 Å². The van der Waals surface area contributed by atoms with Crippen LogP contribution in [-0.4, -0.2) is 22.2 Å². The molecular weight excluding hydrogens is 543 g/mol. The highest BCUT2D eigenvalue weighted by atomic mass is 35.5. The maximum absolute atomic E-state index is 12.2. The van der Waals surface area contributed by atoms with Crippen molar-refractivity contribution < 1.29 is 14.6 Å². The second kappa shape index (κ2) is 12.6. The van der Waals surface area contributed by atoms with Crippen molar-refractivity contribution in [2.45, 2.75) is 47.2 Å². The molecule has 0 unspecified atom stereocenters. The lowest BCUT2D eigenvalue weighted by Gasteiger charge is -2.25. The van der Waals surface area contributed by atoms with E-state index >= 15 is 0 Å². The number of aromatic carboxylic acids is 1. The van der Waals surface area contributed by atoms with Crippen LogP contribution in [0.2, 0.25) is 10.0 Å². The lowest BCUT2D eigenvalue weighted by atomic mass is 10.1. The number of aromatic nitrogens is 1. The van der Waals surface area contributed by atoms with E-state index in [1.165, 1.54) is 5.56 Å². The van der Waals surface area contributed by atoms with Crippen LogP contribution in [0, 0.1) is 40.0 Å². The molecule has 4 rings (SSSR count). The van der Waals surface area contributed by atoms with Gasteiger partial charge in [0, 0.05) is 35.6 Å². The smallest absolute Gasteiger partial charge is 0.352 e. The molecule has 0 spiro atoms. The van der Waals surface area contributed by atoms with E-state index in [1.807, 2.05) is 56.4 Å². The Morgan fingerprint density at radius 3 is 2.30 bits per heavy atom. The lowest BCUT2D eigenvalue weighted by Crippen LogP contribution is -2.16. The van der Waals surface area contributed by atoms with Crippen LogP contribution in [0.1, 0.15) is 50.3 Å². The highest BCUT2D eigenvalue weighted by molar-refractivity contribution is 6.32. The Hall–Kier alpha value is -3.85. The largest absolute Gasteiger partial charge is 0.494 e. The molecule has 0 saturated heterocycles.